The van der Waals surface area contributed by atoms with Crippen molar-refractivity contribution < 1.29 is 0 Å². The van der Waals surface area contributed by atoms with Crippen LogP contribution in [0.1, 0.15) is 50.4 Å². The number of nitrogens with one attached hydrogen (secondary N) is 2. The minimum Gasteiger partial charge on any atom is -0.357 e. The molecular weight excluding hydrogens is 306 g/mol. The lowest BCUT2D eigenvalue weighted by atomic mass is 10.2. The van der Waals surface area contributed by atoms with E-state index in [0.29, 0.717) is 12.6 Å². The molecule has 1 aromatic rings. The average molecular weight is 340 g/mol. The number of rotatable bonds is 10. The molecule has 1 rings (SSSR count). The first-order valence-electron chi connectivity index (χ1n) is 8.77. The molecule has 0 aliphatic carbocycles. The Kier molecular flexibility index (Phi) is 9.87. The van der Waals surface area contributed by atoms with Crippen LogP contribution in [0.2, 0.25) is 0 Å². The Labute approximate surface area is 145 Å². The Morgan fingerprint density at radius 2 is 2.09 bits per heavy atom. The molecule has 0 amide bonds. The lowest BCUT2D eigenvalue weighted by molar-refractivity contribution is 0.292. The molecule has 0 saturated carbocycles. The van der Waals surface area contributed by atoms with Crippen molar-refractivity contribution in [3.8, 4) is 0 Å². The summed E-state index contributed by atoms with van der Waals surface area (Å²) in [6.45, 7) is 15.8. The minimum atomic E-state index is 0.418. The van der Waals surface area contributed by atoms with E-state index >= 15 is 0 Å². The standard InChI is InChI=1S/C17H33N5S/c1-6-18-17(20-13-16-19-12-15(5)23-16)21-14(4)10-9-11-22(7-2)8-3/h12,14H,6-11,13H2,1-5H3,(H2,18,20,21). The van der Waals surface area contributed by atoms with Gasteiger partial charge in [0.05, 0.1) is 6.54 Å². The number of aromatic nitrogens is 1. The highest BCUT2D eigenvalue weighted by Gasteiger charge is 2.07. The molecule has 6 heteroatoms. The van der Waals surface area contributed by atoms with Gasteiger partial charge in [0.1, 0.15) is 5.01 Å². The zero-order valence-corrected chi connectivity index (χ0v) is 16.2. The van der Waals surface area contributed by atoms with Gasteiger partial charge in [0.25, 0.3) is 0 Å². The highest BCUT2D eigenvalue weighted by Crippen LogP contribution is 2.11. The van der Waals surface area contributed by atoms with Gasteiger partial charge in [-0.05, 0) is 53.2 Å². The molecule has 1 heterocycles. The van der Waals surface area contributed by atoms with Crippen LogP contribution in [-0.4, -0.2) is 48.1 Å². The quantitative estimate of drug-likeness (QED) is 0.508. The maximum absolute atomic E-state index is 4.64. The number of nitrogens with zero attached hydrogens (tertiary/aromatic N) is 3. The molecule has 0 bridgehead atoms. The van der Waals surface area contributed by atoms with Crippen molar-refractivity contribution in [2.24, 2.45) is 4.99 Å². The summed E-state index contributed by atoms with van der Waals surface area (Å²) in [6, 6.07) is 0.418. The molecule has 1 aromatic heterocycles. The Balaban J connectivity index is 2.41. The van der Waals surface area contributed by atoms with Gasteiger partial charge in [-0.2, -0.15) is 0 Å². The number of guanidine groups is 1. The van der Waals surface area contributed by atoms with Crippen molar-refractivity contribution in [3.63, 3.8) is 0 Å². The van der Waals surface area contributed by atoms with Crippen LogP contribution in [0.3, 0.4) is 0 Å². The molecule has 2 N–H and O–H groups in total. The van der Waals surface area contributed by atoms with Crippen LogP contribution in [0.4, 0.5) is 0 Å². The average Bonchev–Trinajstić information content (AvgIpc) is 2.95. The summed E-state index contributed by atoms with van der Waals surface area (Å²) in [7, 11) is 0. The van der Waals surface area contributed by atoms with E-state index < -0.39 is 0 Å². The van der Waals surface area contributed by atoms with E-state index in [1.807, 2.05) is 6.20 Å². The maximum atomic E-state index is 4.64. The molecule has 1 atom stereocenters. The van der Waals surface area contributed by atoms with Crippen molar-refractivity contribution >= 4 is 17.3 Å². The van der Waals surface area contributed by atoms with E-state index in [1.165, 1.54) is 17.8 Å². The summed E-state index contributed by atoms with van der Waals surface area (Å²) in [6.07, 6.45) is 4.27. The third-order valence-electron chi connectivity index (χ3n) is 3.77. The van der Waals surface area contributed by atoms with E-state index in [0.717, 1.165) is 37.0 Å². The number of hydrogen-bond donors (Lipinski definition) is 2. The molecule has 0 spiro atoms. The van der Waals surface area contributed by atoms with E-state index in [9.17, 15) is 0 Å². The molecule has 1 unspecified atom stereocenters. The topological polar surface area (TPSA) is 52.6 Å². The van der Waals surface area contributed by atoms with E-state index in [4.69, 9.17) is 0 Å². The summed E-state index contributed by atoms with van der Waals surface area (Å²) in [4.78, 5) is 12.7. The van der Waals surface area contributed by atoms with Gasteiger partial charge in [-0.3, -0.25) is 0 Å². The van der Waals surface area contributed by atoms with E-state index in [1.54, 1.807) is 11.3 Å². The van der Waals surface area contributed by atoms with Crippen molar-refractivity contribution in [2.45, 2.75) is 60.0 Å². The normalized spacial score (nSPS) is 13.4. The van der Waals surface area contributed by atoms with Gasteiger partial charge in [0.2, 0.25) is 0 Å². The molecule has 0 aromatic carbocycles. The van der Waals surface area contributed by atoms with Crippen molar-refractivity contribution in [2.75, 3.05) is 26.2 Å². The van der Waals surface area contributed by atoms with Crippen LogP contribution >= 0.6 is 11.3 Å². The lowest BCUT2D eigenvalue weighted by Crippen LogP contribution is -2.42. The number of aliphatic imine (C=N–C) groups is 1. The van der Waals surface area contributed by atoms with Crippen LogP contribution in [-0.2, 0) is 6.54 Å². The summed E-state index contributed by atoms with van der Waals surface area (Å²) >= 11 is 1.71. The van der Waals surface area contributed by atoms with Crippen LogP contribution in [0.15, 0.2) is 11.2 Å². The van der Waals surface area contributed by atoms with Crippen molar-refractivity contribution in [1.29, 1.82) is 0 Å². The molecule has 5 nitrogen and oxygen atoms in total. The van der Waals surface area contributed by atoms with Gasteiger partial charge >= 0.3 is 0 Å². The Hall–Kier alpha value is -1.14. The summed E-state index contributed by atoms with van der Waals surface area (Å²) < 4.78 is 0. The molecule has 132 valence electrons. The van der Waals surface area contributed by atoms with Crippen molar-refractivity contribution in [3.05, 3.63) is 16.1 Å². The number of aryl methyl sites for hydroxylation is 1. The Morgan fingerprint density at radius 3 is 2.65 bits per heavy atom. The fourth-order valence-corrected chi connectivity index (χ4v) is 3.12. The van der Waals surface area contributed by atoms with Gasteiger partial charge < -0.3 is 15.5 Å². The highest BCUT2D eigenvalue weighted by molar-refractivity contribution is 7.11. The monoisotopic (exact) mass is 339 g/mol. The first-order valence-corrected chi connectivity index (χ1v) is 9.59. The second-order valence-corrected chi connectivity index (χ2v) is 7.09. The predicted molar refractivity (Wildman–Crippen MR) is 101 cm³/mol. The summed E-state index contributed by atoms with van der Waals surface area (Å²) in [5.74, 6) is 0.885. The van der Waals surface area contributed by atoms with E-state index in [2.05, 4.69) is 60.1 Å². The number of hydrogen-bond acceptors (Lipinski definition) is 4. The molecule has 0 radical (unpaired) electrons. The zero-order chi connectivity index (χ0) is 17.1. The molecule has 23 heavy (non-hydrogen) atoms. The molecule has 0 aliphatic rings. The summed E-state index contributed by atoms with van der Waals surface area (Å²) in [5, 5.41) is 7.88. The van der Waals surface area contributed by atoms with E-state index in [-0.39, 0.29) is 0 Å². The zero-order valence-electron chi connectivity index (χ0n) is 15.4. The van der Waals surface area contributed by atoms with Crippen molar-refractivity contribution in [1.82, 2.24) is 20.5 Å². The van der Waals surface area contributed by atoms with Gasteiger partial charge in [-0.1, -0.05) is 13.8 Å². The van der Waals surface area contributed by atoms with Crippen LogP contribution < -0.4 is 10.6 Å². The first kappa shape index (κ1) is 19.9. The van der Waals surface area contributed by atoms with Crippen LogP contribution in [0, 0.1) is 6.92 Å². The van der Waals surface area contributed by atoms with Gasteiger partial charge in [0, 0.05) is 23.7 Å². The molecule has 0 saturated heterocycles. The van der Waals surface area contributed by atoms with Crippen LogP contribution in [0.25, 0.3) is 0 Å². The molecule has 0 aliphatic heterocycles. The largest absolute Gasteiger partial charge is 0.357 e. The molecular formula is C17H33N5S. The predicted octanol–water partition coefficient (Wildman–Crippen LogP) is 3.02. The second-order valence-electron chi connectivity index (χ2n) is 5.77. The third kappa shape index (κ3) is 8.32. The van der Waals surface area contributed by atoms with Gasteiger partial charge in [-0.15, -0.1) is 11.3 Å². The third-order valence-corrected chi connectivity index (χ3v) is 4.67. The molecule has 0 fully saturated rings. The van der Waals surface area contributed by atoms with Gasteiger partial charge in [0.15, 0.2) is 5.96 Å². The summed E-state index contributed by atoms with van der Waals surface area (Å²) in [5.41, 5.74) is 0. The first-order chi connectivity index (χ1) is 11.1. The van der Waals surface area contributed by atoms with Crippen LogP contribution in [0.5, 0.6) is 0 Å². The number of thiazole rings is 1. The maximum Gasteiger partial charge on any atom is 0.191 e. The Morgan fingerprint density at radius 1 is 1.35 bits per heavy atom. The second kappa shape index (κ2) is 11.4. The SMILES string of the molecule is CCNC(=NCc1ncc(C)s1)NC(C)CCCN(CC)CC. The highest BCUT2D eigenvalue weighted by atomic mass is 32.1. The fraction of sp³-hybridized carbons (Fsp3) is 0.765. The lowest BCUT2D eigenvalue weighted by Gasteiger charge is -2.21. The minimum absolute atomic E-state index is 0.418. The Bertz CT molecular complexity index is 454. The van der Waals surface area contributed by atoms with Gasteiger partial charge in [-0.25, -0.2) is 9.98 Å². The smallest absolute Gasteiger partial charge is 0.191 e. The fourth-order valence-electron chi connectivity index (χ4n) is 2.41.